The highest BCUT2D eigenvalue weighted by molar-refractivity contribution is 5.97. The summed E-state index contributed by atoms with van der Waals surface area (Å²) in [5.74, 6) is -1.29. The molecule has 0 radical (unpaired) electrons. The van der Waals surface area contributed by atoms with Crippen molar-refractivity contribution in [3.05, 3.63) is 78.0 Å². The maximum absolute atomic E-state index is 12.4. The maximum Gasteiger partial charge on any atom is 0.387 e. The van der Waals surface area contributed by atoms with Crippen LogP contribution in [0.4, 0.5) is 8.78 Å². The van der Waals surface area contributed by atoms with Gasteiger partial charge in [0.25, 0.3) is 0 Å². The van der Waals surface area contributed by atoms with Crippen LogP contribution >= 0.6 is 0 Å². The van der Waals surface area contributed by atoms with Crippen molar-refractivity contribution in [1.29, 1.82) is 0 Å². The number of rotatable bonds is 7. The second kappa shape index (κ2) is 9.60. The van der Waals surface area contributed by atoms with Gasteiger partial charge in [0.05, 0.1) is 12.6 Å². The minimum atomic E-state index is -2.96. The average molecular weight is 412 g/mol. The van der Waals surface area contributed by atoms with Gasteiger partial charge in [-0.2, -0.15) is 8.78 Å². The fraction of sp³-hybridized carbons (Fsp3) is 0.136. The van der Waals surface area contributed by atoms with E-state index in [-0.39, 0.29) is 5.75 Å². The summed E-state index contributed by atoms with van der Waals surface area (Å²) in [7, 11) is 1.19. The summed E-state index contributed by atoms with van der Waals surface area (Å²) in [5.41, 5.74) is 1.94. The van der Waals surface area contributed by atoms with Crippen LogP contribution in [0.15, 0.2) is 66.9 Å². The van der Waals surface area contributed by atoms with Gasteiger partial charge >= 0.3 is 12.6 Å². The van der Waals surface area contributed by atoms with Crippen LogP contribution in [-0.4, -0.2) is 30.6 Å². The molecule has 1 atom stereocenters. The lowest BCUT2D eigenvalue weighted by molar-refractivity contribution is -0.144. The zero-order valence-electron chi connectivity index (χ0n) is 15.9. The van der Waals surface area contributed by atoms with Crippen LogP contribution in [0, 0.1) is 0 Å². The van der Waals surface area contributed by atoms with Crippen molar-refractivity contribution in [2.24, 2.45) is 0 Å². The molecular weight excluding hydrogens is 394 g/mol. The van der Waals surface area contributed by atoms with Gasteiger partial charge in [-0.1, -0.05) is 30.3 Å². The number of hydrogen-bond acceptors (Lipinski definition) is 5. The number of fused-ring (bicyclic) bond motifs is 1. The number of ether oxygens (including phenoxy) is 2. The van der Waals surface area contributed by atoms with E-state index in [1.807, 2.05) is 24.3 Å². The number of carbonyl (C=O) groups excluding carboxylic acids is 2. The number of esters is 1. The number of methoxy groups -OCH3 is 1. The zero-order chi connectivity index (χ0) is 21.5. The molecular formula is C22H18F2N2O4. The molecule has 0 saturated heterocycles. The molecule has 1 amide bonds. The van der Waals surface area contributed by atoms with Gasteiger partial charge < -0.3 is 14.8 Å². The lowest BCUT2D eigenvalue weighted by atomic mass is 10.1. The van der Waals surface area contributed by atoms with Crippen molar-refractivity contribution in [1.82, 2.24) is 10.3 Å². The molecule has 0 aliphatic rings. The Morgan fingerprint density at radius 3 is 2.50 bits per heavy atom. The number of benzene rings is 2. The molecule has 0 spiro atoms. The van der Waals surface area contributed by atoms with Gasteiger partial charge in [0.2, 0.25) is 5.91 Å². The fourth-order valence-corrected chi connectivity index (χ4v) is 2.86. The molecule has 0 aliphatic heterocycles. The number of nitrogens with zero attached hydrogens (tertiary/aromatic N) is 1. The maximum atomic E-state index is 12.4. The normalized spacial score (nSPS) is 12.1. The van der Waals surface area contributed by atoms with E-state index < -0.39 is 24.5 Å². The number of hydrogen-bond donors (Lipinski definition) is 1. The van der Waals surface area contributed by atoms with Gasteiger partial charge in [0.1, 0.15) is 5.75 Å². The second-order valence-corrected chi connectivity index (χ2v) is 6.16. The van der Waals surface area contributed by atoms with E-state index in [0.717, 1.165) is 16.5 Å². The van der Waals surface area contributed by atoms with E-state index in [9.17, 15) is 18.4 Å². The molecule has 3 aromatic rings. The highest BCUT2D eigenvalue weighted by Gasteiger charge is 2.23. The first kappa shape index (κ1) is 20.9. The predicted molar refractivity (Wildman–Crippen MR) is 107 cm³/mol. The second-order valence-electron chi connectivity index (χ2n) is 6.16. The third-order valence-corrected chi connectivity index (χ3v) is 4.26. The van der Waals surface area contributed by atoms with Crippen LogP contribution in [0.5, 0.6) is 5.75 Å². The molecule has 0 fully saturated rings. The Morgan fingerprint density at radius 1 is 1.07 bits per heavy atom. The van der Waals surface area contributed by atoms with Gasteiger partial charge in [0.15, 0.2) is 6.04 Å². The van der Waals surface area contributed by atoms with Crippen molar-refractivity contribution < 1.29 is 27.8 Å². The molecule has 3 rings (SSSR count). The number of carbonyl (C=O) groups is 2. The van der Waals surface area contributed by atoms with Crippen LogP contribution < -0.4 is 10.1 Å². The predicted octanol–water partition coefficient (Wildman–Crippen LogP) is 3.88. The van der Waals surface area contributed by atoms with Crippen LogP contribution in [0.25, 0.3) is 17.0 Å². The standard InChI is InChI=1S/C22H18F2N2O4/c1-29-21(28)20(15-6-9-16(10-7-15)30-22(23)24)26-19(27)11-8-14-12-13-25-18-5-3-2-4-17(14)18/h2-13,20,22H,1H3,(H,26,27). The number of halogens is 2. The van der Waals surface area contributed by atoms with Crippen molar-refractivity contribution in [3.63, 3.8) is 0 Å². The van der Waals surface area contributed by atoms with Gasteiger partial charge in [-0.25, -0.2) is 4.79 Å². The first-order valence-electron chi connectivity index (χ1n) is 8.93. The summed E-state index contributed by atoms with van der Waals surface area (Å²) < 4.78 is 33.6. The molecule has 1 N–H and O–H groups in total. The van der Waals surface area contributed by atoms with E-state index in [1.54, 1.807) is 18.3 Å². The van der Waals surface area contributed by atoms with E-state index >= 15 is 0 Å². The van der Waals surface area contributed by atoms with Crippen molar-refractivity contribution in [2.75, 3.05) is 7.11 Å². The lowest BCUT2D eigenvalue weighted by Crippen LogP contribution is -2.33. The Kier molecular flexibility index (Phi) is 6.69. The molecule has 0 saturated carbocycles. The topological polar surface area (TPSA) is 77.5 Å². The molecule has 1 aromatic heterocycles. The summed E-state index contributed by atoms with van der Waals surface area (Å²) in [6.45, 7) is -2.96. The molecule has 0 aliphatic carbocycles. The molecule has 1 heterocycles. The molecule has 1 unspecified atom stereocenters. The molecule has 6 nitrogen and oxygen atoms in total. The Morgan fingerprint density at radius 2 is 1.80 bits per heavy atom. The monoisotopic (exact) mass is 412 g/mol. The molecule has 154 valence electrons. The number of pyridine rings is 1. The fourth-order valence-electron chi connectivity index (χ4n) is 2.86. The van der Waals surface area contributed by atoms with Crippen LogP contribution in [0.3, 0.4) is 0 Å². The third-order valence-electron chi connectivity index (χ3n) is 4.26. The first-order valence-corrected chi connectivity index (χ1v) is 8.93. The largest absolute Gasteiger partial charge is 0.467 e. The van der Waals surface area contributed by atoms with Gasteiger partial charge in [-0.3, -0.25) is 9.78 Å². The highest BCUT2D eigenvalue weighted by atomic mass is 19.3. The van der Waals surface area contributed by atoms with E-state index in [2.05, 4.69) is 15.0 Å². The Bertz CT molecular complexity index is 1060. The minimum absolute atomic E-state index is 0.0619. The number of alkyl halides is 2. The van der Waals surface area contributed by atoms with Crippen LogP contribution in [-0.2, 0) is 14.3 Å². The highest BCUT2D eigenvalue weighted by Crippen LogP contribution is 2.21. The van der Waals surface area contributed by atoms with Gasteiger partial charge in [0, 0.05) is 17.7 Å². The summed E-state index contributed by atoms with van der Waals surface area (Å²) in [6, 6.07) is 13.5. The number of para-hydroxylation sites is 1. The summed E-state index contributed by atoms with van der Waals surface area (Å²) >= 11 is 0. The molecule has 0 bridgehead atoms. The quantitative estimate of drug-likeness (QED) is 0.471. The van der Waals surface area contributed by atoms with Crippen LogP contribution in [0.1, 0.15) is 17.2 Å². The molecule has 30 heavy (non-hydrogen) atoms. The first-order chi connectivity index (χ1) is 14.5. The van der Waals surface area contributed by atoms with Crippen LogP contribution in [0.2, 0.25) is 0 Å². The van der Waals surface area contributed by atoms with E-state index in [0.29, 0.717) is 5.56 Å². The molecule has 2 aromatic carbocycles. The molecule has 8 heteroatoms. The Hall–Kier alpha value is -3.81. The minimum Gasteiger partial charge on any atom is -0.467 e. The van der Waals surface area contributed by atoms with E-state index in [4.69, 9.17) is 4.74 Å². The number of aromatic nitrogens is 1. The Balaban J connectivity index is 1.77. The van der Waals surface area contributed by atoms with Gasteiger partial charge in [-0.15, -0.1) is 0 Å². The van der Waals surface area contributed by atoms with Crippen molar-refractivity contribution in [2.45, 2.75) is 12.7 Å². The van der Waals surface area contributed by atoms with Crippen molar-refractivity contribution in [3.8, 4) is 5.75 Å². The number of amides is 1. The summed E-state index contributed by atoms with van der Waals surface area (Å²) in [4.78, 5) is 28.8. The van der Waals surface area contributed by atoms with E-state index in [1.165, 1.54) is 37.5 Å². The lowest BCUT2D eigenvalue weighted by Gasteiger charge is -2.16. The smallest absolute Gasteiger partial charge is 0.387 e. The SMILES string of the molecule is COC(=O)C(NC(=O)C=Cc1ccnc2ccccc12)c1ccc(OC(F)F)cc1. The number of nitrogens with one attached hydrogen (secondary N) is 1. The zero-order valence-corrected chi connectivity index (χ0v) is 15.9. The van der Waals surface area contributed by atoms with Gasteiger partial charge in [-0.05, 0) is 41.5 Å². The summed E-state index contributed by atoms with van der Waals surface area (Å²) in [6.07, 6.45) is 4.55. The Labute approximate surface area is 171 Å². The summed E-state index contributed by atoms with van der Waals surface area (Å²) in [5, 5.41) is 3.44. The van der Waals surface area contributed by atoms with Crippen molar-refractivity contribution >= 4 is 28.9 Å². The average Bonchev–Trinajstić information content (AvgIpc) is 2.75. The third kappa shape index (κ3) is 5.16.